The van der Waals surface area contributed by atoms with Crippen molar-refractivity contribution in [2.24, 2.45) is 11.7 Å². The van der Waals surface area contributed by atoms with Gasteiger partial charge in [-0.25, -0.2) is 0 Å². The van der Waals surface area contributed by atoms with Gasteiger partial charge in [0.05, 0.1) is 16.2 Å². The van der Waals surface area contributed by atoms with Gasteiger partial charge in [0.1, 0.15) is 0 Å². The molecule has 1 amide bonds. The van der Waals surface area contributed by atoms with E-state index >= 15 is 0 Å². The summed E-state index contributed by atoms with van der Waals surface area (Å²) >= 11 is 8.89. The minimum atomic E-state index is -3.03. The zero-order valence-electron chi connectivity index (χ0n) is 10.8. The van der Waals surface area contributed by atoms with Gasteiger partial charge in [0.15, 0.2) is 5.75 Å². The zero-order valence-corrected chi connectivity index (χ0v) is 13.1. The fourth-order valence-corrected chi connectivity index (χ4v) is 2.28. The highest BCUT2D eigenvalue weighted by molar-refractivity contribution is 9.10. The number of ether oxygens (including phenoxy) is 1. The van der Waals surface area contributed by atoms with E-state index in [9.17, 15) is 13.6 Å². The van der Waals surface area contributed by atoms with E-state index in [0.717, 1.165) is 0 Å². The maximum Gasteiger partial charge on any atom is 0.387 e. The van der Waals surface area contributed by atoms with Gasteiger partial charge in [0.25, 0.3) is 0 Å². The Kier molecular flexibility index (Phi) is 6.16. The second kappa shape index (κ2) is 7.19. The minimum absolute atomic E-state index is 0.0331. The van der Waals surface area contributed by atoms with Crippen LogP contribution in [0.25, 0.3) is 0 Å². The predicted octanol–water partition coefficient (Wildman–Crippen LogP) is 3.63. The van der Waals surface area contributed by atoms with E-state index in [0.29, 0.717) is 0 Å². The first kappa shape index (κ1) is 17.1. The van der Waals surface area contributed by atoms with Gasteiger partial charge in [-0.05, 0) is 34.0 Å². The second-order valence-corrected chi connectivity index (χ2v) is 5.69. The van der Waals surface area contributed by atoms with Crippen LogP contribution in [0.2, 0.25) is 5.02 Å². The molecule has 0 saturated heterocycles. The van der Waals surface area contributed by atoms with Crippen molar-refractivity contribution in [2.45, 2.75) is 26.5 Å². The highest BCUT2D eigenvalue weighted by Gasteiger charge is 2.21. The molecule has 4 nitrogen and oxygen atoms in total. The number of anilines is 1. The molecule has 0 aliphatic heterocycles. The van der Waals surface area contributed by atoms with Crippen LogP contribution < -0.4 is 15.8 Å². The maximum atomic E-state index is 12.4. The third-order valence-electron chi connectivity index (χ3n) is 2.49. The number of hydrogen-bond donors (Lipinski definition) is 2. The van der Waals surface area contributed by atoms with Crippen LogP contribution in [0.3, 0.4) is 0 Å². The molecule has 1 atom stereocenters. The fourth-order valence-electron chi connectivity index (χ4n) is 1.38. The summed E-state index contributed by atoms with van der Waals surface area (Å²) in [6.07, 6.45) is 0. The Morgan fingerprint density at radius 2 is 2.05 bits per heavy atom. The smallest absolute Gasteiger partial charge is 0.387 e. The van der Waals surface area contributed by atoms with Crippen molar-refractivity contribution in [1.82, 2.24) is 0 Å². The quantitative estimate of drug-likeness (QED) is 0.831. The minimum Gasteiger partial charge on any atom is -0.431 e. The summed E-state index contributed by atoms with van der Waals surface area (Å²) in [5.41, 5.74) is 5.72. The summed E-state index contributed by atoms with van der Waals surface area (Å²) in [5, 5.41) is 2.70. The highest BCUT2D eigenvalue weighted by atomic mass is 79.9. The van der Waals surface area contributed by atoms with Crippen LogP contribution in [0.4, 0.5) is 14.5 Å². The number of hydrogen-bond acceptors (Lipinski definition) is 3. The van der Waals surface area contributed by atoms with Gasteiger partial charge in [-0.2, -0.15) is 8.78 Å². The molecule has 0 heterocycles. The van der Waals surface area contributed by atoms with Crippen LogP contribution in [0.1, 0.15) is 13.8 Å². The lowest BCUT2D eigenvalue weighted by Gasteiger charge is -2.18. The molecule has 0 unspecified atom stereocenters. The molecule has 0 spiro atoms. The van der Waals surface area contributed by atoms with Crippen molar-refractivity contribution in [3.63, 3.8) is 0 Å². The van der Waals surface area contributed by atoms with Gasteiger partial charge in [-0.15, -0.1) is 0 Å². The average Bonchev–Trinajstić information content (AvgIpc) is 2.31. The lowest BCUT2D eigenvalue weighted by atomic mass is 10.0. The second-order valence-electron chi connectivity index (χ2n) is 4.40. The number of carbonyl (C=O) groups excluding carboxylic acids is 1. The SMILES string of the molecule is CC(C)[C@@H](N)C(=O)Nc1cc(Cl)cc(Br)c1OC(F)F. The van der Waals surface area contributed by atoms with E-state index in [4.69, 9.17) is 17.3 Å². The highest BCUT2D eigenvalue weighted by Crippen LogP contribution is 2.37. The molecule has 0 aliphatic rings. The monoisotopic (exact) mass is 370 g/mol. The Morgan fingerprint density at radius 3 is 2.55 bits per heavy atom. The van der Waals surface area contributed by atoms with Crippen molar-refractivity contribution in [3.05, 3.63) is 21.6 Å². The third kappa shape index (κ3) is 4.57. The molecular weight excluding hydrogens is 357 g/mol. The number of halogens is 4. The fraction of sp³-hybridized carbons (Fsp3) is 0.417. The molecule has 0 bridgehead atoms. The standard InChI is InChI=1S/C12H14BrClF2N2O2/c1-5(2)9(17)11(19)18-8-4-6(14)3-7(13)10(8)20-12(15)16/h3-5,9,12H,17H2,1-2H3,(H,18,19)/t9-/m1/s1. The molecule has 3 N–H and O–H groups in total. The Balaban J connectivity index is 3.07. The van der Waals surface area contributed by atoms with Crippen LogP contribution >= 0.6 is 27.5 Å². The molecule has 1 rings (SSSR count). The lowest BCUT2D eigenvalue weighted by molar-refractivity contribution is -0.118. The Bertz CT molecular complexity index is 501. The molecular formula is C12H14BrClF2N2O2. The largest absolute Gasteiger partial charge is 0.431 e. The van der Waals surface area contributed by atoms with Crippen molar-refractivity contribution >= 4 is 39.1 Å². The first-order valence-corrected chi connectivity index (χ1v) is 6.89. The molecule has 0 radical (unpaired) electrons. The zero-order chi connectivity index (χ0) is 15.4. The van der Waals surface area contributed by atoms with Crippen LogP contribution in [0.15, 0.2) is 16.6 Å². The van der Waals surface area contributed by atoms with Crippen molar-refractivity contribution < 1.29 is 18.3 Å². The molecule has 1 aromatic rings. The average molecular weight is 372 g/mol. The van der Waals surface area contributed by atoms with Crippen molar-refractivity contribution in [3.8, 4) is 5.75 Å². The molecule has 20 heavy (non-hydrogen) atoms. The van der Waals surface area contributed by atoms with E-state index in [1.54, 1.807) is 13.8 Å². The van der Waals surface area contributed by atoms with Gasteiger partial charge in [-0.1, -0.05) is 25.4 Å². The molecule has 0 aliphatic carbocycles. The Morgan fingerprint density at radius 1 is 1.45 bits per heavy atom. The van der Waals surface area contributed by atoms with Crippen LogP contribution in [0, 0.1) is 5.92 Å². The normalized spacial score (nSPS) is 12.7. The first-order chi connectivity index (χ1) is 9.22. The molecule has 8 heteroatoms. The number of amides is 1. The number of nitrogens with two attached hydrogens (primary N) is 1. The summed E-state index contributed by atoms with van der Waals surface area (Å²) in [6, 6.07) is 1.93. The molecule has 0 fully saturated rings. The van der Waals surface area contributed by atoms with E-state index in [1.807, 2.05) is 0 Å². The van der Waals surface area contributed by atoms with E-state index < -0.39 is 18.6 Å². The van der Waals surface area contributed by atoms with Crippen LogP contribution in [0.5, 0.6) is 5.75 Å². The molecule has 0 aromatic heterocycles. The maximum absolute atomic E-state index is 12.4. The van der Waals surface area contributed by atoms with Crippen molar-refractivity contribution in [1.29, 1.82) is 0 Å². The van der Waals surface area contributed by atoms with Gasteiger partial charge in [0.2, 0.25) is 5.91 Å². The van der Waals surface area contributed by atoms with Gasteiger partial charge < -0.3 is 15.8 Å². The topological polar surface area (TPSA) is 64.4 Å². The van der Waals surface area contributed by atoms with Crippen LogP contribution in [-0.4, -0.2) is 18.6 Å². The molecule has 1 aromatic carbocycles. The van der Waals surface area contributed by atoms with Crippen LogP contribution in [-0.2, 0) is 4.79 Å². The summed E-state index contributed by atoms with van der Waals surface area (Å²) < 4.78 is 29.4. The van der Waals surface area contributed by atoms with Gasteiger partial charge in [-0.3, -0.25) is 4.79 Å². The first-order valence-electron chi connectivity index (χ1n) is 5.72. The lowest BCUT2D eigenvalue weighted by Crippen LogP contribution is -2.39. The number of carbonyl (C=O) groups is 1. The Labute approximate surface area is 128 Å². The van der Waals surface area contributed by atoms with Gasteiger partial charge in [0, 0.05) is 5.02 Å². The van der Waals surface area contributed by atoms with E-state index in [-0.39, 0.29) is 26.9 Å². The third-order valence-corrected chi connectivity index (χ3v) is 3.30. The molecule has 0 saturated carbocycles. The van der Waals surface area contributed by atoms with E-state index in [2.05, 4.69) is 26.0 Å². The number of benzene rings is 1. The summed E-state index contributed by atoms with van der Waals surface area (Å²) in [7, 11) is 0. The number of rotatable bonds is 5. The Hall–Kier alpha value is -0.920. The predicted molar refractivity (Wildman–Crippen MR) is 77.2 cm³/mol. The summed E-state index contributed by atoms with van der Waals surface area (Å²) in [6.45, 7) is 0.519. The number of nitrogens with one attached hydrogen (secondary N) is 1. The summed E-state index contributed by atoms with van der Waals surface area (Å²) in [4.78, 5) is 11.9. The van der Waals surface area contributed by atoms with Gasteiger partial charge >= 0.3 is 6.61 Å². The molecule has 112 valence electrons. The van der Waals surface area contributed by atoms with Crippen molar-refractivity contribution in [2.75, 3.05) is 5.32 Å². The van der Waals surface area contributed by atoms with E-state index in [1.165, 1.54) is 12.1 Å². The number of alkyl halides is 2. The summed E-state index contributed by atoms with van der Waals surface area (Å²) in [5.74, 6) is -0.806.